The third kappa shape index (κ3) is 2.77. The van der Waals surface area contributed by atoms with Gasteiger partial charge in [-0.1, -0.05) is 11.6 Å². The second kappa shape index (κ2) is 5.44. The maximum Gasteiger partial charge on any atom is 0.156 e. The summed E-state index contributed by atoms with van der Waals surface area (Å²) in [6.45, 7) is 1.25. The molecule has 78 valence electrons. The highest BCUT2D eigenvalue weighted by molar-refractivity contribution is 9.10. The Hall–Kier alpha value is -0.450. The monoisotopic (exact) mass is 278 g/mol. The predicted molar refractivity (Wildman–Crippen MR) is 63.2 cm³/mol. The van der Waals surface area contributed by atoms with Gasteiger partial charge in [0.15, 0.2) is 5.75 Å². The number of hydrogen-bond donors (Lipinski definition) is 2. The molecule has 0 atom stereocenters. The van der Waals surface area contributed by atoms with Crippen LogP contribution in [0.2, 0.25) is 5.02 Å². The van der Waals surface area contributed by atoms with Crippen LogP contribution in [0.25, 0.3) is 0 Å². The maximum absolute atomic E-state index is 5.90. The second-order valence-corrected chi connectivity index (χ2v) is 3.97. The van der Waals surface area contributed by atoms with E-state index in [2.05, 4.69) is 21.2 Å². The molecule has 5 heteroatoms. The molecular formula is C9H12BrClN2O. The Labute approximate surface area is 96.7 Å². The molecule has 0 radical (unpaired) electrons. The summed E-state index contributed by atoms with van der Waals surface area (Å²) in [7, 11) is 1.61. The van der Waals surface area contributed by atoms with Gasteiger partial charge in [0.1, 0.15) is 0 Å². The van der Waals surface area contributed by atoms with Crippen molar-refractivity contribution in [1.29, 1.82) is 0 Å². The highest BCUT2D eigenvalue weighted by Crippen LogP contribution is 2.35. The fourth-order valence-corrected chi connectivity index (χ4v) is 2.08. The van der Waals surface area contributed by atoms with Crippen LogP contribution in [-0.4, -0.2) is 20.2 Å². The average molecular weight is 280 g/mol. The van der Waals surface area contributed by atoms with E-state index in [0.717, 1.165) is 15.9 Å². The van der Waals surface area contributed by atoms with Gasteiger partial charge in [0.2, 0.25) is 0 Å². The van der Waals surface area contributed by atoms with E-state index in [-0.39, 0.29) is 0 Å². The largest absolute Gasteiger partial charge is 0.493 e. The molecule has 1 rings (SSSR count). The number of anilines is 1. The molecule has 1 aromatic rings. The molecule has 3 nitrogen and oxygen atoms in total. The molecular weight excluding hydrogens is 267 g/mol. The zero-order chi connectivity index (χ0) is 10.6. The number of ether oxygens (including phenoxy) is 1. The van der Waals surface area contributed by atoms with E-state index in [1.807, 2.05) is 0 Å². The molecule has 0 saturated heterocycles. The maximum atomic E-state index is 5.90. The number of rotatable bonds is 4. The van der Waals surface area contributed by atoms with Gasteiger partial charge in [-0.25, -0.2) is 0 Å². The third-order valence-corrected chi connectivity index (χ3v) is 2.48. The van der Waals surface area contributed by atoms with Crippen molar-refractivity contribution < 1.29 is 4.74 Å². The highest BCUT2D eigenvalue weighted by Gasteiger charge is 2.08. The minimum Gasteiger partial charge on any atom is -0.493 e. The van der Waals surface area contributed by atoms with Crippen LogP contribution in [0.5, 0.6) is 5.75 Å². The van der Waals surface area contributed by atoms with Gasteiger partial charge in [0.25, 0.3) is 0 Å². The Morgan fingerprint density at radius 2 is 2.29 bits per heavy atom. The Morgan fingerprint density at radius 3 is 2.86 bits per heavy atom. The summed E-state index contributed by atoms with van der Waals surface area (Å²) in [5, 5.41) is 3.78. The van der Waals surface area contributed by atoms with Gasteiger partial charge in [0, 0.05) is 18.1 Å². The van der Waals surface area contributed by atoms with E-state index in [4.69, 9.17) is 22.1 Å². The summed E-state index contributed by atoms with van der Waals surface area (Å²) in [5.74, 6) is 0.739. The van der Waals surface area contributed by atoms with E-state index in [0.29, 0.717) is 18.1 Å². The number of nitrogens with two attached hydrogens (primary N) is 1. The molecule has 14 heavy (non-hydrogen) atoms. The van der Waals surface area contributed by atoms with Gasteiger partial charge in [0.05, 0.1) is 17.3 Å². The van der Waals surface area contributed by atoms with Crippen molar-refractivity contribution in [3.05, 3.63) is 21.6 Å². The van der Waals surface area contributed by atoms with E-state index in [9.17, 15) is 0 Å². The molecule has 0 aliphatic rings. The van der Waals surface area contributed by atoms with E-state index in [1.54, 1.807) is 19.2 Å². The van der Waals surface area contributed by atoms with Crippen molar-refractivity contribution >= 4 is 33.2 Å². The molecule has 0 fully saturated rings. The Morgan fingerprint density at radius 1 is 1.57 bits per heavy atom. The average Bonchev–Trinajstić information content (AvgIpc) is 2.14. The smallest absolute Gasteiger partial charge is 0.156 e. The lowest BCUT2D eigenvalue weighted by molar-refractivity contribution is 0.414. The van der Waals surface area contributed by atoms with Gasteiger partial charge < -0.3 is 15.8 Å². The first-order chi connectivity index (χ1) is 6.69. The van der Waals surface area contributed by atoms with Crippen molar-refractivity contribution in [3.8, 4) is 5.75 Å². The van der Waals surface area contributed by atoms with Gasteiger partial charge in [-0.05, 0) is 28.1 Å². The molecule has 0 aliphatic carbocycles. The first-order valence-corrected chi connectivity index (χ1v) is 5.33. The number of methoxy groups -OCH3 is 1. The third-order valence-electron chi connectivity index (χ3n) is 1.67. The first kappa shape index (κ1) is 11.6. The van der Waals surface area contributed by atoms with Crippen molar-refractivity contribution in [2.45, 2.75) is 0 Å². The highest BCUT2D eigenvalue weighted by atomic mass is 79.9. The fraction of sp³-hybridized carbons (Fsp3) is 0.333. The van der Waals surface area contributed by atoms with Crippen LogP contribution in [0, 0.1) is 0 Å². The van der Waals surface area contributed by atoms with Crippen LogP contribution in [0.3, 0.4) is 0 Å². The summed E-state index contributed by atoms with van der Waals surface area (Å²) in [6.07, 6.45) is 0. The number of benzene rings is 1. The standard InChI is InChI=1S/C9H12BrClN2O/c1-14-9-7(10)4-6(11)5-8(9)13-3-2-12/h4-5,13H,2-3,12H2,1H3. The van der Waals surface area contributed by atoms with Crippen molar-refractivity contribution in [1.82, 2.24) is 0 Å². The van der Waals surface area contributed by atoms with Crippen LogP contribution in [-0.2, 0) is 0 Å². The molecule has 3 N–H and O–H groups in total. The Bertz CT molecular complexity index is 320. The minimum absolute atomic E-state index is 0.563. The predicted octanol–water partition coefficient (Wildman–Crippen LogP) is 2.48. The number of hydrogen-bond acceptors (Lipinski definition) is 3. The van der Waals surface area contributed by atoms with E-state index < -0.39 is 0 Å². The Kier molecular flexibility index (Phi) is 4.51. The lowest BCUT2D eigenvalue weighted by Gasteiger charge is -2.12. The summed E-state index contributed by atoms with van der Waals surface area (Å²) >= 11 is 9.27. The van der Waals surface area contributed by atoms with Gasteiger partial charge in [-0.15, -0.1) is 0 Å². The van der Waals surface area contributed by atoms with Crippen LogP contribution in [0.4, 0.5) is 5.69 Å². The van der Waals surface area contributed by atoms with Crippen LogP contribution >= 0.6 is 27.5 Å². The molecule has 0 heterocycles. The normalized spacial score (nSPS) is 10.0. The van der Waals surface area contributed by atoms with Crippen LogP contribution < -0.4 is 15.8 Å². The van der Waals surface area contributed by atoms with Gasteiger partial charge in [-0.3, -0.25) is 0 Å². The van der Waals surface area contributed by atoms with Crippen LogP contribution in [0.1, 0.15) is 0 Å². The summed E-state index contributed by atoms with van der Waals surface area (Å²) in [6, 6.07) is 3.59. The molecule has 0 bridgehead atoms. The Balaban J connectivity index is 2.99. The molecule has 0 saturated carbocycles. The van der Waals surface area contributed by atoms with E-state index in [1.165, 1.54) is 0 Å². The van der Waals surface area contributed by atoms with Gasteiger partial charge >= 0.3 is 0 Å². The van der Waals surface area contributed by atoms with Gasteiger partial charge in [-0.2, -0.15) is 0 Å². The minimum atomic E-state index is 0.563. The lowest BCUT2D eigenvalue weighted by Crippen LogP contribution is -2.13. The first-order valence-electron chi connectivity index (χ1n) is 4.16. The SMILES string of the molecule is COc1c(Br)cc(Cl)cc1NCCN. The summed E-state index contributed by atoms with van der Waals surface area (Å²) in [4.78, 5) is 0. The topological polar surface area (TPSA) is 47.3 Å². The zero-order valence-electron chi connectivity index (χ0n) is 7.81. The summed E-state index contributed by atoms with van der Waals surface area (Å²) in [5.41, 5.74) is 6.24. The van der Waals surface area contributed by atoms with Crippen molar-refractivity contribution in [2.75, 3.05) is 25.5 Å². The van der Waals surface area contributed by atoms with E-state index >= 15 is 0 Å². The van der Waals surface area contributed by atoms with Crippen molar-refractivity contribution in [2.24, 2.45) is 5.73 Å². The number of nitrogens with one attached hydrogen (secondary N) is 1. The molecule has 0 unspecified atom stereocenters. The number of halogens is 2. The lowest BCUT2D eigenvalue weighted by atomic mass is 10.3. The molecule has 0 aromatic heterocycles. The summed E-state index contributed by atoms with van der Waals surface area (Å²) < 4.78 is 6.05. The molecule has 0 aliphatic heterocycles. The molecule has 1 aromatic carbocycles. The van der Waals surface area contributed by atoms with Crippen LogP contribution in [0.15, 0.2) is 16.6 Å². The fourth-order valence-electron chi connectivity index (χ4n) is 1.11. The van der Waals surface area contributed by atoms with Crippen molar-refractivity contribution in [3.63, 3.8) is 0 Å². The quantitative estimate of drug-likeness (QED) is 0.890. The second-order valence-electron chi connectivity index (χ2n) is 2.68. The molecule has 0 amide bonds. The molecule has 0 spiro atoms. The zero-order valence-corrected chi connectivity index (χ0v) is 10.2.